The third kappa shape index (κ3) is 4.93. The van der Waals surface area contributed by atoms with Gasteiger partial charge >= 0.3 is 0 Å². The summed E-state index contributed by atoms with van der Waals surface area (Å²) in [5.41, 5.74) is 0. The molecule has 1 N–H and O–H groups in total. The van der Waals surface area contributed by atoms with Crippen LogP contribution in [0.3, 0.4) is 0 Å². The first kappa shape index (κ1) is 17.2. The molecule has 2 aromatic rings. The number of carbonyl (C=O) groups is 2. The number of anilines is 1. The zero-order valence-electron chi connectivity index (χ0n) is 13.8. The van der Waals surface area contributed by atoms with Gasteiger partial charge in [-0.15, -0.1) is 11.3 Å². The zero-order valence-corrected chi connectivity index (χ0v) is 14.6. The van der Waals surface area contributed by atoms with E-state index >= 15 is 0 Å². The van der Waals surface area contributed by atoms with Crippen LogP contribution in [0.5, 0.6) is 5.75 Å². The SMILES string of the molecule is O=C(COc1ccccc1)NCC(=O)N1CCN(c2nccs2)CC1. The molecule has 1 fully saturated rings. The predicted octanol–water partition coefficient (Wildman–Crippen LogP) is 0.987. The van der Waals surface area contributed by atoms with E-state index in [0.29, 0.717) is 18.8 Å². The molecule has 1 saturated heterocycles. The number of thiazole rings is 1. The maximum absolute atomic E-state index is 12.2. The Bertz CT molecular complexity index is 685. The lowest BCUT2D eigenvalue weighted by atomic mass is 10.3. The maximum Gasteiger partial charge on any atom is 0.258 e. The van der Waals surface area contributed by atoms with Crippen molar-refractivity contribution in [1.29, 1.82) is 0 Å². The summed E-state index contributed by atoms with van der Waals surface area (Å²) in [5.74, 6) is 0.243. The molecule has 1 aliphatic rings. The molecule has 1 aromatic carbocycles. The zero-order chi connectivity index (χ0) is 17.5. The highest BCUT2D eigenvalue weighted by atomic mass is 32.1. The van der Waals surface area contributed by atoms with Crippen LogP contribution in [0.2, 0.25) is 0 Å². The molecule has 0 unspecified atom stereocenters. The summed E-state index contributed by atoms with van der Waals surface area (Å²) < 4.78 is 5.35. The van der Waals surface area contributed by atoms with Crippen LogP contribution in [0.1, 0.15) is 0 Å². The Labute approximate surface area is 150 Å². The summed E-state index contributed by atoms with van der Waals surface area (Å²) in [6.45, 7) is 2.67. The first-order valence-electron chi connectivity index (χ1n) is 8.09. The van der Waals surface area contributed by atoms with Crippen molar-refractivity contribution in [2.75, 3.05) is 44.2 Å². The third-order valence-electron chi connectivity index (χ3n) is 3.87. The maximum atomic E-state index is 12.2. The van der Waals surface area contributed by atoms with Gasteiger partial charge in [0.2, 0.25) is 5.91 Å². The summed E-state index contributed by atoms with van der Waals surface area (Å²) in [5, 5.41) is 5.54. The highest BCUT2D eigenvalue weighted by Crippen LogP contribution is 2.18. The number of carbonyl (C=O) groups excluding carboxylic acids is 2. The van der Waals surface area contributed by atoms with Crippen molar-refractivity contribution in [1.82, 2.24) is 15.2 Å². The molecule has 0 aliphatic carbocycles. The van der Waals surface area contributed by atoms with Gasteiger partial charge in [0.05, 0.1) is 6.54 Å². The number of ether oxygens (including phenoxy) is 1. The van der Waals surface area contributed by atoms with Crippen molar-refractivity contribution in [3.8, 4) is 5.75 Å². The van der Waals surface area contributed by atoms with Gasteiger partial charge in [-0.3, -0.25) is 9.59 Å². The molecule has 0 bridgehead atoms. The molecule has 132 valence electrons. The van der Waals surface area contributed by atoms with Crippen LogP contribution in [0.25, 0.3) is 0 Å². The number of aromatic nitrogens is 1. The highest BCUT2D eigenvalue weighted by Gasteiger charge is 2.22. The van der Waals surface area contributed by atoms with Crippen molar-refractivity contribution in [2.45, 2.75) is 0 Å². The molecular formula is C17H20N4O3S. The smallest absolute Gasteiger partial charge is 0.258 e. The van der Waals surface area contributed by atoms with E-state index in [1.54, 1.807) is 34.6 Å². The fourth-order valence-electron chi connectivity index (χ4n) is 2.52. The molecule has 2 amide bonds. The molecule has 8 heteroatoms. The summed E-state index contributed by atoms with van der Waals surface area (Å²) in [6, 6.07) is 9.10. The lowest BCUT2D eigenvalue weighted by Crippen LogP contribution is -2.51. The number of piperazine rings is 1. The number of hydrogen-bond donors (Lipinski definition) is 1. The number of rotatable bonds is 6. The minimum atomic E-state index is -0.307. The Balaban J connectivity index is 1.36. The van der Waals surface area contributed by atoms with Gasteiger partial charge in [0.25, 0.3) is 5.91 Å². The molecule has 0 saturated carbocycles. The topological polar surface area (TPSA) is 74.8 Å². The van der Waals surface area contributed by atoms with Gasteiger partial charge in [0, 0.05) is 37.8 Å². The fraction of sp³-hybridized carbons (Fsp3) is 0.353. The number of amides is 2. The fourth-order valence-corrected chi connectivity index (χ4v) is 3.22. The Morgan fingerprint density at radius 3 is 2.60 bits per heavy atom. The third-order valence-corrected chi connectivity index (χ3v) is 4.70. The standard InChI is InChI=1S/C17H20N4O3S/c22-15(13-24-14-4-2-1-3-5-14)19-12-16(23)20-7-9-21(10-8-20)17-18-6-11-25-17/h1-6,11H,7-10,12-13H2,(H,19,22). The van der Waals surface area contributed by atoms with Crippen molar-refractivity contribution in [3.63, 3.8) is 0 Å². The summed E-state index contributed by atoms with van der Waals surface area (Å²) in [7, 11) is 0. The highest BCUT2D eigenvalue weighted by molar-refractivity contribution is 7.13. The monoisotopic (exact) mass is 360 g/mol. The van der Waals surface area contributed by atoms with E-state index in [2.05, 4.69) is 15.2 Å². The Morgan fingerprint density at radius 1 is 1.16 bits per heavy atom. The largest absolute Gasteiger partial charge is 0.484 e. The van der Waals surface area contributed by atoms with Crippen LogP contribution in [-0.2, 0) is 9.59 Å². The van der Waals surface area contributed by atoms with Crippen LogP contribution in [-0.4, -0.2) is 61.0 Å². The van der Waals surface area contributed by atoms with Gasteiger partial charge in [-0.2, -0.15) is 0 Å². The van der Waals surface area contributed by atoms with Gasteiger partial charge in [0.15, 0.2) is 11.7 Å². The number of nitrogens with zero attached hydrogens (tertiary/aromatic N) is 3. The van der Waals surface area contributed by atoms with Crippen LogP contribution in [0.4, 0.5) is 5.13 Å². The molecule has 25 heavy (non-hydrogen) atoms. The van der Waals surface area contributed by atoms with Gasteiger partial charge in [-0.25, -0.2) is 4.98 Å². The Kier molecular flexibility index (Phi) is 5.84. The molecule has 7 nitrogen and oxygen atoms in total. The molecule has 0 spiro atoms. The number of para-hydroxylation sites is 1. The first-order chi connectivity index (χ1) is 12.2. The molecule has 2 heterocycles. The van der Waals surface area contributed by atoms with E-state index in [0.717, 1.165) is 18.2 Å². The van der Waals surface area contributed by atoms with E-state index in [4.69, 9.17) is 4.74 Å². The Hall–Kier alpha value is -2.61. The molecule has 0 atom stereocenters. The van der Waals surface area contributed by atoms with Crippen LogP contribution in [0.15, 0.2) is 41.9 Å². The van der Waals surface area contributed by atoms with Crippen molar-refractivity contribution in [3.05, 3.63) is 41.9 Å². The number of hydrogen-bond acceptors (Lipinski definition) is 6. The molecular weight excluding hydrogens is 340 g/mol. The van der Waals surface area contributed by atoms with Crippen LogP contribution >= 0.6 is 11.3 Å². The van der Waals surface area contributed by atoms with E-state index in [1.165, 1.54) is 0 Å². The van der Waals surface area contributed by atoms with E-state index < -0.39 is 0 Å². The van der Waals surface area contributed by atoms with Gasteiger partial charge in [-0.05, 0) is 12.1 Å². The molecule has 0 radical (unpaired) electrons. The lowest BCUT2D eigenvalue weighted by Gasteiger charge is -2.34. The van der Waals surface area contributed by atoms with Gasteiger partial charge in [0.1, 0.15) is 5.75 Å². The second-order valence-electron chi connectivity index (χ2n) is 5.56. The first-order valence-corrected chi connectivity index (χ1v) is 8.97. The average Bonchev–Trinajstić information content (AvgIpc) is 3.20. The summed E-state index contributed by atoms with van der Waals surface area (Å²) >= 11 is 1.60. The molecule has 1 aliphatic heterocycles. The van der Waals surface area contributed by atoms with E-state index in [9.17, 15) is 9.59 Å². The van der Waals surface area contributed by atoms with E-state index in [1.807, 2.05) is 23.6 Å². The minimum absolute atomic E-state index is 0.00572. The summed E-state index contributed by atoms with van der Waals surface area (Å²) in [4.78, 5) is 32.2. The van der Waals surface area contributed by atoms with Gasteiger partial charge in [-0.1, -0.05) is 18.2 Å². The molecule has 1 aromatic heterocycles. The van der Waals surface area contributed by atoms with Crippen molar-refractivity contribution >= 4 is 28.3 Å². The normalized spacial score (nSPS) is 14.2. The van der Waals surface area contributed by atoms with Gasteiger partial charge < -0.3 is 19.9 Å². The summed E-state index contributed by atoms with van der Waals surface area (Å²) in [6.07, 6.45) is 1.78. The van der Waals surface area contributed by atoms with Crippen molar-refractivity contribution in [2.24, 2.45) is 0 Å². The Morgan fingerprint density at radius 2 is 1.92 bits per heavy atom. The second kappa shape index (κ2) is 8.48. The van der Waals surface area contributed by atoms with E-state index in [-0.39, 0.29) is 25.0 Å². The number of benzene rings is 1. The second-order valence-corrected chi connectivity index (χ2v) is 6.43. The number of nitrogens with one attached hydrogen (secondary N) is 1. The van der Waals surface area contributed by atoms with Crippen LogP contribution in [0, 0.1) is 0 Å². The predicted molar refractivity (Wildman–Crippen MR) is 95.9 cm³/mol. The molecule has 3 rings (SSSR count). The van der Waals surface area contributed by atoms with Crippen LogP contribution < -0.4 is 15.0 Å². The quantitative estimate of drug-likeness (QED) is 0.831. The van der Waals surface area contributed by atoms with Crippen molar-refractivity contribution < 1.29 is 14.3 Å². The average molecular weight is 360 g/mol. The lowest BCUT2D eigenvalue weighted by molar-refractivity contribution is -0.133. The minimum Gasteiger partial charge on any atom is -0.484 e.